The molecule has 100 valence electrons. The molecule has 20 heavy (non-hydrogen) atoms. The number of rotatable bonds is 4. The third-order valence-corrected chi connectivity index (χ3v) is 2.53. The van der Waals surface area contributed by atoms with Crippen molar-refractivity contribution in [3.05, 3.63) is 65.2 Å². The maximum atomic E-state index is 10.7. The van der Waals surface area contributed by atoms with Crippen LogP contribution in [0.1, 0.15) is 21.5 Å². The van der Waals surface area contributed by atoms with Crippen LogP contribution in [0, 0.1) is 0 Å². The number of nitrogens with zero attached hydrogens (tertiary/aromatic N) is 2. The average molecular weight is 268 g/mol. The summed E-state index contributed by atoms with van der Waals surface area (Å²) in [5.41, 5.74) is 1.81. The van der Waals surface area contributed by atoms with Gasteiger partial charge in [-0.2, -0.15) is 10.2 Å². The number of hydrogen-bond donors (Lipinski definition) is 2. The normalized spacial score (nSPS) is 11.2. The third kappa shape index (κ3) is 3.78. The highest BCUT2D eigenvalue weighted by atomic mass is 16.4. The van der Waals surface area contributed by atoms with E-state index in [2.05, 4.69) is 10.2 Å². The van der Waals surface area contributed by atoms with Gasteiger partial charge in [-0.3, -0.25) is 0 Å². The molecule has 2 rings (SSSR count). The minimum Gasteiger partial charge on any atom is -0.508 e. The molecule has 5 nitrogen and oxygen atoms in total. The average Bonchev–Trinajstić information content (AvgIpc) is 2.46. The third-order valence-electron chi connectivity index (χ3n) is 2.53. The molecule has 0 saturated carbocycles. The van der Waals surface area contributed by atoms with Crippen LogP contribution >= 0.6 is 0 Å². The first kappa shape index (κ1) is 13.5. The molecule has 0 aliphatic rings. The summed E-state index contributed by atoms with van der Waals surface area (Å²) >= 11 is 0. The molecule has 0 bridgehead atoms. The number of phenolic OH excluding ortho intramolecular Hbond substituents is 1. The van der Waals surface area contributed by atoms with Crippen molar-refractivity contribution < 1.29 is 15.0 Å². The Labute approximate surface area is 115 Å². The van der Waals surface area contributed by atoms with Gasteiger partial charge in [0.25, 0.3) is 0 Å². The number of benzene rings is 2. The Kier molecular flexibility index (Phi) is 4.24. The first-order chi connectivity index (χ1) is 9.65. The summed E-state index contributed by atoms with van der Waals surface area (Å²) in [4.78, 5) is 10.7. The Morgan fingerprint density at radius 2 is 1.30 bits per heavy atom. The van der Waals surface area contributed by atoms with E-state index in [-0.39, 0.29) is 11.3 Å². The van der Waals surface area contributed by atoms with Gasteiger partial charge in [-0.1, -0.05) is 12.1 Å². The molecule has 2 aromatic rings. The lowest BCUT2D eigenvalue weighted by Crippen LogP contribution is -1.95. The smallest absolute Gasteiger partial charge is 0.335 e. The summed E-state index contributed by atoms with van der Waals surface area (Å²) in [5, 5.41) is 25.6. The zero-order valence-corrected chi connectivity index (χ0v) is 10.5. The van der Waals surface area contributed by atoms with Gasteiger partial charge in [0.15, 0.2) is 0 Å². The van der Waals surface area contributed by atoms with Gasteiger partial charge in [0.1, 0.15) is 5.75 Å². The van der Waals surface area contributed by atoms with Crippen LogP contribution in [0.25, 0.3) is 0 Å². The zero-order chi connectivity index (χ0) is 14.4. The minimum absolute atomic E-state index is 0.198. The van der Waals surface area contributed by atoms with E-state index < -0.39 is 5.97 Å². The predicted octanol–water partition coefficient (Wildman–Crippen LogP) is 2.54. The van der Waals surface area contributed by atoms with Crippen molar-refractivity contribution in [2.45, 2.75) is 0 Å². The summed E-state index contributed by atoms with van der Waals surface area (Å²) in [5.74, 6) is -0.761. The van der Waals surface area contributed by atoms with Gasteiger partial charge in [-0.25, -0.2) is 4.79 Å². The topological polar surface area (TPSA) is 82.2 Å². The lowest BCUT2D eigenvalue weighted by atomic mass is 10.1. The van der Waals surface area contributed by atoms with Crippen molar-refractivity contribution in [3.8, 4) is 5.75 Å². The van der Waals surface area contributed by atoms with E-state index in [1.165, 1.54) is 18.3 Å². The van der Waals surface area contributed by atoms with Crippen LogP contribution < -0.4 is 0 Å². The highest BCUT2D eigenvalue weighted by Crippen LogP contribution is 2.07. The van der Waals surface area contributed by atoms with E-state index in [9.17, 15) is 4.79 Å². The van der Waals surface area contributed by atoms with Crippen LogP contribution in [-0.2, 0) is 0 Å². The molecule has 0 fully saturated rings. The maximum Gasteiger partial charge on any atom is 0.335 e. The predicted molar refractivity (Wildman–Crippen MR) is 76.7 cm³/mol. The van der Waals surface area contributed by atoms with Crippen LogP contribution in [0.3, 0.4) is 0 Å². The second-order valence-corrected chi connectivity index (χ2v) is 4.01. The Morgan fingerprint density at radius 3 is 1.75 bits per heavy atom. The molecule has 0 unspecified atom stereocenters. The van der Waals surface area contributed by atoms with Gasteiger partial charge < -0.3 is 10.2 Å². The van der Waals surface area contributed by atoms with Gasteiger partial charge >= 0.3 is 5.97 Å². The molecule has 0 atom stereocenters. The van der Waals surface area contributed by atoms with Crippen molar-refractivity contribution in [1.29, 1.82) is 0 Å². The van der Waals surface area contributed by atoms with Gasteiger partial charge in [0.05, 0.1) is 18.0 Å². The zero-order valence-electron chi connectivity index (χ0n) is 10.5. The highest BCUT2D eigenvalue weighted by Gasteiger charge is 1.99. The van der Waals surface area contributed by atoms with Crippen LogP contribution in [0.15, 0.2) is 58.7 Å². The minimum atomic E-state index is -0.959. The van der Waals surface area contributed by atoms with E-state index >= 15 is 0 Å². The molecular weight excluding hydrogens is 256 g/mol. The Hall–Kier alpha value is -2.95. The summed E-state index contributed by atoms with van der Waals surface area (Å²) in [6, 6.07) is 12.9. The maximum absolute atomic E-state index is 10.7. The van der Waals surface area contributed by atoms with E-state index in [1.807, 2.05) is 0 Å². The monoisotopic (exact) mass is 268 g/mol. The van der Waals surface area contributed by atoms with Crippen molar-refractivity contribution in [1.82, 2.24) is 0 Å². The van der Waals surface area contributed by atoms with E-state index in [1.54, 1.807) is 42.6 Å². The van der Waals surface area contributed by atoms with Crippen molar-refractivity contribution in [3.63, 3.8) is 0 Å². The van der Waals surface area contributed by atoms with Crippen molar-refractivity contribution in [2.24, 2.45) is 10.2 Å². The molecule has 0 amide bonds. The molecule has 0 spiro atoms. The van der Waals surface area contributed by atoms with Crippen LogP contribution in [-0.4, -0.2) is 28.6 Å². The summed E-state index contributed by atoms with van der Waals surface area (Å²) in [6.45, 7) is 0. The van der Waals surface area contributed by atoms with Crippen LogP contribution in [0.4, 0.5) is 0 Å². The second-order valence-electron chi connectivity index (χ2n) is 4.01. The van der Waals surface area contributed by atoms with Gasteiger partial charge in [-0.15, -0.1) is 0 Å². The second kappa shape index (κ2) is 6.29. The molecule has 2 aromatic carbocycles. The largest absolute Gasteiger partial charge is 0.508 e. The molecule has 0 heterocycles. The number of aromatic hydroxyl groups is 1. The molecule has 0 aliphatic heterocycles. The fourth-order valence-corrected chi connectivity index (χ4v) is 1.47. The molecule has 0 aromatic heterocycles. The summed E-state index contributed by atoms with van der Waals surface area (Å²) in [7, 11) is 0. The number of carboxylic acids is 1. The van der Waals surface area contributed by atoms with Gasteiger partial charge in [-0.05, 0) is 47.5 Å². The number of phenols is 1. The van der Waals surface area contributed by atoms with Crippen molar-refractivity contribution in [2.75, 3.05) is 0 Å². The number of hydrogen-bond acceptors (Lipinski definition) is 4. The van der Waals surface area contributed by atoms with Crippen LogP contribution in [0.5, 0.6) is 5.75 Å². The number of aromatic carboxylic acids is 1. The molecule has 0 radical (unpaired) electrons. The molecule has 0 saturated heterocycles. The van der Waals surface area contributed by atoms with E-state index in [4.69, 9.17) is 10.2 Å². The fourth-order valence-electron chi connectivity index (χ4n) is 1.47. The standard InChI is InChI=1S/C15H12N2O3/c18-14-7-3-12(4-8-14)10-17-16-9-11-1-5-13(6-2-11)15(19)20/h1-10,18H,(H,19,20)/b16-9+,17-10+. The Morgan fingerprint density at radius 1 is 0.850 bits per heavy atom. The number of carboxylic acid groups (broad SMARTS) is 1. The van der Waals surface area contributed by atoms with E-state index in [0.29, 0.717) is 0 Å². The fraction of sp³-hybridized carbons (Fsp3) is 0. The quantitative estimate of drug-likeness (QED) is 0.660. The lowest BCUT2D eigenvalue weighted by Gasteiger charge is -1.94. The number of carbonyl (C=O) groups is 1. The SMILES string of the molecule is O=C(O)c1ccc(/C=N/N=C/c2ccc(O)cc2)cc1. The summed E-state index contributed by atoms with van der Waals surface area (Å²) < 4.78 is 0. The first-order valence-electron chi connectivity index (χ1n) is 5.84. The molecule has 0 aliphatic carbocycles. The lowest BCUT2D eigenvalue weighted by molar-refractivity contribution is 0.0697. The molecule has 5 heteroatoms. The molecule has 2 N–H and O–H groups in total. The van der Waals surface area contributed by atoms with Crippen molar-refractivity contribution >= 4 is 18.4 Å². The van der Waals surface area contributed by atoms with Crippen LogP contribution in [0.2, 0.25) is 0 Å². The summed E-state index contributed by atoms with van der Waals surface area (Å²) in [6.07, 6.45) is 3.09. The van der Waals surface area contributed by atoms with Gasteiger partial charge in [0.2, 0.25) is 0 Å². The Bertz CT molecular complexity index is 644. The molecular formula is C15H12N2O3. The van der Waals surface area contributed by atoms with Gasteiger partial charge in [0, 0.05) is 0 Å². The Balaban J connectivity index is 1.99. The first-order valence-corrected chi connectivity index (χ1v) is 5.84. The van der Waals surface area contributed by atoms with E-state index in [0.717, 1.165) is 11.1 Å². The highest BCUT2D eigenvalue weighted by molar-refractivity contribution is 5.89.